The molecule has 0 spiro atoms. The van der Waals surface area contributed by atoms with Gasteiger partial charge in [-0.15, -0.1) is 0 Å². The minimum atomic E-state index is -0.416. The van der Waals surface area contributed by atoms with Crippen molar-refractivity contribution in [3.05, 3.63) is 78.2 Å². The summed E-state index contributed by atoms with van der Waals surface area (Å²) >= 11 is 0. The van der Waals surface area contributed by atoms with Crippen LogP contribution in [0.3, 0.4) is 0 Å². The fraction of sp³-hybridized carbons (Fsp3) is 0.150. The first-order valence-electron chi connectivity index (χ1n) is 8.66. The molecule has 0 aliphatic rings. The van der Waals surface area contributed by atoms with E-state index in [1.54, 1.807) is 19.2 Å². The molecular formula is C20H17FN4O3. The van der Waals surface area contributed by atoms with Gasteiger partial charge in [0.2, 0.25) is 5.89 Å². The first-order valence-corrected chi connectivity index (χ1v) is 8.66. The Hall–Kier alpha value is -3.68. The molecule has 0 aliphatic heterocycles. The van der Waals surface area contributed by atoms with Crippen LogP contribution >= 0.6 is 0 Å². The quantitative estimate of drug-likeness (QED) is 0.552. The van der Waals surface area contributed by atoms with Gasteiger partial charge in [0.25, 0.3) is 5.91 Å². The number of hydrogen-bond acceptors (Lipinski definition) is 5. The molecule has 4 aromatic rings. The van der Waals surface area contributed by atoms with Gasteiger partial charge in [0, 0.05) is 6.20 Å². The van der Waals surface area contributed by atoms with E-state index in [4.69, 9.17) is 9.15 Å². The fourth-order valence-corrected chi connectivity index (χ4v) is 2.63. The summed E-state index contributed by atoms with van der Waals surface area (Å²) in [4.78, 5) is 16.8. The summed E-state index contributed by atoms with van der Waals surface area (Å²) < 4.78 is 25.5. The van der Waals surface area contributed by atoms with Gasteiger partial charge in [-0.1, -0.05) is 12.1 Å². The molecule has 142 valence electrons. The number of halogens is 1. The number of benzene rings is 2. The minimum Gasteiger partial charge on any atom is -0.471 e. The molecule has 28 heavy (non-hydrogen) atoms. The van der Waals surface area contributed by atoms with Crippen molar-refractivity contribution < 1.29 is 18.3 Å². The average Bonchev–Trinajstić information content (AvgIpc) is 3.34. The Labute approximate surface area is 159 Å². The van der Waals surface area contributed by atoms with Gasteiger partial charge in [-0.05, 0) is 49.4 Å². The fourth-order valence-electron chi connectivity index (χ4n) is 2.63. The second-order valence-electron chi connectivity index (χ2n) is 6.18. The van der Waals surface area contributed by atoms with E-state index in [0.717, 1.165) is 5.52 Å². The monoisotopic (exact) mass is 380 g/mol. The number of rotatable bonds is 6. The molecule has 0 saturated carbocycles. The van der Waals surface area contributed by atoms with Gasteiger partial charge in [0.05, 0.1) is 0 Å². The topological polar surface area (TPSA) is 82.2 Å². The van der Waals surface area contributed by atoms with Gasteiger partial charge in [0.1, 0.15) is 28.8 Å². The highest BCUT2D eigenvalue weighted by Crippen LogP contribution is 2.20. The maximum atomic E-state index is 12.9. The summed E-state index contributed by atoms with van der Waals surface area (Å²) in [5.74, 6) is 0.245. The molecule has 1 N–H and O–H groups in total. The Morgan fingerprint density at radius 2 is 2.00 bits per heavy atom. The third-order valence-electron chi connectivity index (χ3n) is 4.08. The van der Waals surface area contributed by atoms with E-state index >= 15 is 0 Å². The molecule has 0 radical (unpaired) electrons. The number of nitrogens with zero attached hydrogens (tertiary/aromatic N) is 3. The van der Waals surface area contributed by atoms with Crippen LogP contribution in [-0.4, -0.2) is 20.7 Å². The zero-order valence-electron chi connectivity index (χ0n) is 15.0. The molecule has 2 aromatic carbocycles. The number of hydrogen-bond donors (Lipinski definition) is 1. The van der Waals surface area contributed by atoms with E-state index in [2.05, 4.69) is 15.4 Å². The van der Waals surface area contributed by atoms with Gasteiger partial charge in [-0.25, -0.2) is 14.1 Å². The van der Waals surface area contributed by atoms with Crippen LogP contribution < -0.4 is 10.1 Å². The molecule has 1 atom stereocenters. The summed E-state index contributed by atoms with van der Waals surface area (Å²) in [6.45, 7) is 1.89. The van der Waals surface area contributed by atoms with Crippen LogP contribution in [0, 0.1) is 5.82 Å². The van der Waals surface area contributed by atoms with E-state index in [9.17, 15) is 9.18 Å². The van der Waals surface area contributed by atoms with Gasteiger partial charge in [-0.2, -0.15) is 5.10 Å². The molecule has 0 bridgehead atoms. The van der Waals surface area contributed by atoms with Crippen molar-refractivity contribution in [1.82, 2.24) is 20.1 Å². The third kappa shape index (κ3) is 3.85. The molecule has 0 aliphatic carbocycles. The van der Waals surface area contributed by atoms with Crippen LogP contribution in [-0.2, 0) is 6.73 Å². The van der Waals surface area contributed by atoms with Crippen molar-refractivity contribution in [2.75, 3.05) is 0 Å². The summed E-state index contributed by atoms with van der Waals surface area (Å²) in [7, 11) is 0. The average molecular weight is 380 g/mol. The minimum absolute atomic E-state index is 0.0968. The summed E-state index contributed by atoms with van der Waals surface area (Å²) in [6, 6.07) is 14.2. The Kier molecular flexibility index (Phi) is 4.76. The number of nitrogens with one attached hydrogen (secondary N) is 1. The summed E-state index contributed by atoms with van der Waals surface area (Å²) in [5, 5.41) is 7.00. The van der Waals surface area contributed by atoms with Crippen molar-refractivity contribution >= 4 is 17.0 Å². The number of ether oxygens (including phenoxy) is 1. The predicted molar refractivity (Wildman–Crippen MR) is 99.1 cm³/mol. The highest BCUT2D eigenvalue weighted by atomic mass is 19.1. The van der Waals surface area contributed by atoms with Gasteiger partial charge in [0.15, 0.2) is 12.3 Å². The van der Waals surface area contributed by atoms with Crippen molar-refractivity contribution in [2.24, 2.45) is 0 Å². The molecule has 2 aromatic heterocycles. The van der Waals surface area contributed by atoms with Gasteiger partial charge >= 0.3 is 0 Å². The van der Waals surface area contributed by atoms with Gasteiger partial charge in [-0.3, -0.25) is 4.79 Å². The predicted octanol–water partition coefficient (Wildman–Crippen LogP) is 3.69. The van der Waals surface area contributed by atoms with Crippen LogP contribution in [0.25, 0.3) is 11.1 Å². The first kappa shape index (κ1) is 17.7. The summed E-state index contributed by atoms with van der Waals surface area (Å²) in [5.41, 5.74) is 1.65. The van der Waals surface area contributed by atoms with Crippen LogP contribution in [0.1, 0.15) is 29.3 Å². The van der Waals surface area contributed by atoms with Crippen molar-refractivity contribution in [2.45, 2.75) is 19.7 Å². The lowest BCUT2D eigenvalue weighted by atomic mass is 10.3. The molecular weight excluding hydrogens is 363 g/mol. The standard InChI is InChI=1S/C20H17FN4O3/c1-13(20-23-16-4-2-3-5-18(16)28-20)22-19(26)17-10-11-25(24-17)12-27-15-8-6-14(21)7-9-15/h2-11,13H,12H2,1H3,(H,22,26). The maximum absolute atomic E-state index is 12.9. The number of aromatic nitrogens is 3. The van der Waals surface area contributed by atoms with E-state index < -0.39 is 6.04 Å². The van der Waals surface area contributed by atoms with Crippen LogP contribution in [0.4, 0.5) is 4.39 Å². The first-order chi connectivity index (χ1) is 13.6. The molecule has 0 fully saturated rings. The number of carbonyl (C=O) groups excluding carboxylic acids is 1. The number of para-hydroxylation sites is 2. The Morgan fingerprint density at radius 1 is 1.21 bits per heavy atom. The van der Waals surface area contributed by atoms with E-state index in [1.807, 2.05) is 24.3 Å². The number of fused-ring (bicyclic) bond motifs is 1. The molecule has 1 amide bonds. The van der Waals surface area contributed by atoms with Crippen molar-refractivity contribution in [1.29, 1.82) is 0 Å². The lowest BCUT2D eigenvalue weighted by Crippen LogP contribution is -2.27. The van der Waals surface area contributed by atoms with Crippen LogP contribution in [0.2, 0.25) is 0 Å². The largest absolute Gasteiger partial charge is 0.471 e. The van der Waals surface area contributed by atoms with Crippen molar-refractivity contribution in [3.63, 3.8) is 0 Å². The highest BCUT2D eigenvalue weighted by Gasteiger charge is 2.18. The molecule has 7 nitrogen and oxygen atoms in total. The van der Waals surface area contributed by atoms with Crippen LogP contribution in [0.15, 0.2) is 65.2 Å². The van der Waals surface area contributed by atoms with Crippen molar-refractivity contribution in [3.8, 4) is 5.75 Å². The zero-order valence-corrected chi connectivity index (χ0v) is 15.0. The number of carbonyl (C=O) groups is 1. The van der Waals surface area contributed by atoms with E-state index in [-0.39, 0.29) is 24.1 Å². The van der Waals surface area contributed by atoms with E-state index in [1.165, 1.54) is 28.9 Å². The number of oxazole rings is 1. The lowest BCUT2D eigenvalue weighted by Gasteiger charge is -2.09. The SMILES string of the molecule is CC(NC(=O)c1ccn(COc2ccc(F)cc2)n1)c1nc2ccccc2o1. The number of amides is 1. The second kappa shape index (κ2) is 7.51. The molecule has 1 unspecified atom stereocenters. The zero-order chi connectivity index (χ0) is 19.5. The third-order valence-corrected chi connectivity index (χ3v) is 4.08. The van der Waals surface area contributed by atoms with E-state index in [0.29, 0.717) is 17.2 Å². The Balaban J connectivity index is 1.37. The maximum Gasteiger partial charge on any atom is 0.272 e. The smallest absolute Gasteiger partial charge is 0.272 e. The second-order valence-corrected chi connectivity index (χ2v) is 6.18. The molecule has 8 heteroatoms. The normalized spacial score (nSPS) is 12.1. The Bertz CT molecular complexity index is 1070. The van der Waals surface area contributed by atoms with Gasteiger partial charge < -0.3 is 14.5 Å². The molecule has 2 heterocycles. The summed E-state index contributed by atoms with van der Waals surface area (Å²) in [6.07, 6.45) is 1.63. The molecule has 0 saturated heterocycles. The Morgan fingerprint density at radius 3 is 2.79 bits per heavy atom. The highest BCUT2D eigenvalue weighted by molar-refractivity contribution is 5.92. The molecule has 4 rings (SSSR count). The lowest BCUT2D eigenvalue weighted by molar-refractivity contribution is 0.0927. The van der Waals surface area contributed by atoms with Crippen LogP contribution in [0.5, 0.6) is 5.75 Å².